The summed E-state index contributed by atoms with van der Waals surface area (Å²) in [4.78, 5) is 0. The van der Waals surface area contributed by atoms with Crippen LogP contribution in [0.5, 0.6) is 0 Å². The van der Waals surface area contributed by atoms with Crippen LogP contribution < -0.4 is 5.73 Å². The predicted octanol–water partition coefficient (Wildman–Crippen LogP) is 1.49. The van der Waals surface area contributed by atoms with E-state index in [4.69, 9.17) is 10.5 Å². The molecule has 4 nitrogen and oxygen atoms in total. The van der Waals surface area contributed by atoms with E-state index in [0.29, 0.717) is 6.61 Å². The molecule has 0 heterocycles. The van der Waals surface area contributed by atoms with Crippen LogP contribution in [0.2, 0.25) is 0 Å². The molecular weight excluding hydrogens is 274 g/mol. The van der Waals surface area contributed by atoms with E-state index in [9.17, 15) is 8.42 Å². The highest BCUT2D eigenvalue weighted by Gasteiger charge is 2.67. The average Bonchev–Trinajstić information content (AvgIpc) is 3.03. The standard InChI is InChI=1S/C15H23NO3S/c1-4-11-6-8-12(9-7-11)13-14(20(3,17)18)15(13,16)10-19-5-2/h6-9,13-14H,4-5,10,16H2,1-3H3/t13-,14-,15+/m1/s1. The summed E-state index contributed by atoms with van der Waals surface area (Å²) in [6, 6.07) is 8.05. The number of benzene rings is 1. The van der Waals surface area contributed by atoms with Crippen molar-refractivity contribution in [2.24, 2.45) is 5.73 Å². The van der Waals surface area contributed by atoms with E-state index in [-0.39, 0.29) is 12.5 Å². The highest BCUT2D eigenvalue weighted by molar-refractivity contribution is 7.91. The molecule has 0 saturated heterocycles. The van der Waals surface area contributed by atoms with Gasteiger partial charge < -0.3 is 10.5 Å². The summed E-state index contributed by atoms with van der Waals surface area (Å²) < 4.78 is 29.3. The number of ether oxygens (including phenoxy) is 1. The van der Waals surface area contributed by atoms with E-state index in [2.05, 4.69) is 6.92 Å². The number of aryl methyl sites for hydroxylation is 1. The third kappa shape index (κ3) is 2.75. The van der Waals surface area contributed by atoms with E-state index in [1.165, 1.54) is 11.8 Å². The molecule has 5 heteroatoms. The van der Waals surface area contributed by atoms with Gasteiger partial charge >= 0.3 is 0 Å². The third-order valence-electron chi connectivity index (χ3n) is 4.07. The Morgan fingerprint density at radius 3 is 2.30 bits per heavy atom. The molecular formula is C15H23NO3S. The Kier molecular flexibility index (Phi) is 4.23. The van der Waals surface area contributed by atoms with Crippen LogP contribution in [0, 0.1) is 0 Å². The molecule has 0 radical (unpaired) electrons. The molecule has 0 spiro atoms. The van der Waals surface area contributed by atoms with Crippen molar-refractivity contribution >= 4 is 9.84 Å². The number of sulfone groups is 1. The van der Waals surface area contributed by atoms with Crippen LogP contribution in [-0.4, -0.2) is 38.7 Å². The van der Waals surface area contributed by atoms with Gasteiger partial charge in [-0.1, -0.05) is 31.2 Å². The van der Waals surface area contributed by atoms with Crippen LogP contribution in [0.3, 0.4) is 0 Å². The normalized spacial score (nSPS) is 29.4. The topological polar surface area (TPSA) is 69.4 Å². The molecule has 1 aliphatic carbocycles. The Morgan fingerprint density at radius 1 is 1.25 bits per heavy atom. The molecule has 0 amide bonds. The summed E-state index contributed by atoms with van der Waals surface area (Å²) in [7, 11) is -3.19. The Morgan fingerprint density at radius 2 is 1.85 bits per heavy atom. The molecule has 2 N–H and O–H groups in total. The highest BCUT2D eigenvalue weighted by Crippen LogP contribution is 2.54. The lowest BCUT2D eigenvalue weighted by molar-refractivity contribution is 0.125. The first kappa shape index (κ1) is 15.5. The lowest BCUT2D eigenvalue weighted by Crippen LogP contribution is -2.36. The van der Waals surface area contributed by atoms with Crippen LogP contribution in [-0.2, 0) is 21.0 Å². The Balaban J connectivity index is 2.28. The molecule has 1 aromatic carbocycles. The quantitative estimate of drug-likeness (QED) is 0.864. The minimum absolute atomic E-state index is 0.171. The van der Waals surface area contributed by atoms with Crippen LogP contribution in [0.25, 0.3) is 0 Å². The van der Waals surface area contributed by atoms with Crippen molar-refractivity contribution in [3.8, 4) is 0 Å². The van der Waals surface area contributed by atoms with E-state index in [0.717, 1.165) is 12.0 Å². The second kappa shape index (κ2) is 5.47. The summed E-state index contributed by atoms with van der Waals surface area (Å²) in [5.74, 6) is -0.171. The van der Waals surface area contributed by atoms with Crippen LogP contribution in [0.1, 0.15) is 30.9 Å². The van der Waals surface area contributed by atoms with Crippen molar-refractivity contribution in [1.82, 2.24) is 0 Å². The largest absolute Gasteiger partial charge is 0.380 e. The molecule has 1 saturated carbocycles. The fourth-order valence-corrected chi connectivity index (χ4v) is 4.80. The molecule has 112 valence electrons. The number of hydrogen-bond acceptors (Lipinski definition) is 4. The zero-order valence-corrected chi connectivity index (χ0v) is 13.1. The van der Waals surface area contributed by atoms with Gasteiger partial charge in [0.2, 0.25) is 0 Å². The van der Waals surface area contributed by atoms with Crippen LogP contribution in [0.4, 0.5) is 0 Å². The van der Waals surface area contributed by atoms with E-state index in [1.54, 1.807) is 0 Å². The van der Waals surface area contributed by atoms with Gasteiger partial charge in [-0.05, 0) is 24.5 Å². The second-order valence-electron chi connectivity index (χ2n) is 5.57. The van der Waals surface area contributed by atoms with Crippen LogP contribution in [0.15, 0.2) is 24.3 Å². The third-order valence-corrected chi connectivity index (χ3v) is 5.70. The number of nitrogens with two attached hydrogens (primary N) is 1. The lowest BCUT2D eigenvalue weighted by Gasteiger charge is -2.11. The maximum Gasteiger partial charge on any atom is 0.152 e. The van der Waals surface area contributed by atoms with E-state index in [1.807, 2.05) is 31.2 Å². The fraction of sp³-hybridized carbons (Fsp3) is 0.600. The zero-order chi connectivity index (χ0) is 15.0. The van der Waals surface area contributed by atoms with Gasteiger partial charge in [-0.25, -0.2) is 8.42 Å². The molecule has 1 aromatic rings. The second-order valence-corrected chi connectivity index (χ2v) is 7.74. The Bertz CT molecular complexity index is 567. The smallest absolute Gasteiger partial charge is 0.152 e. The van der Waals surface area contributed by atoms with Gasteiger partial charge in [0.25, 0.3) is 0 Å². The molecule has 2 rings (SSSR count). The molecule has 0 bridgehead atoms. The van der Waals surface area contributed by atoms with Gasteiger partial charge in [-0.15, -0.1) is 0 Å². The van der Waals surface area contributed by atoms with Gasteiger partial charge in [0, 0.05) is 18.8 Å². The lowest BCUT2D eigenvalue weighted by atomic mass is 10.0. The monoisotopic (exact) mass is 297 g/mol. The summed E-state index contributed by atoms with van der Waals surface area (Å²) in [5.41, 5.74) is 7.73. The summed E-state index contributed by atoms with van der Waals surface area (Å²) in [6.07, 6.45) is 2.22. The maximum atomic E-state index is 11.9. The van der Waals surface area contributed by atoms with Crippen molar-refractivity contribution < 1.29 is 13.2 Å². The van der Waals surface area contributed by atoms with Crippen molar-refractivity contribution in [3.05, 3.63) is 35.4 Å². The van der Waals surface area contributed by atoms with Gasteiger partial charge in [0.1, 0.15) is 0 Å². The summed E-state index contributed by atoms with van der Waals surface area (Å²) >= 11 is 0. The highest BCUT2D eigenvalue weighted by atomic mass is 32.2. The van der Waals surface area contributed by atoms with Gasteiger partial charge in [-0.2, -0.15) is 0 Å². The van der Waals surface area contributed by atoms with Gasteiger partial charge in [0.05, 0.1) is 17.4 Å². The number of rotatable bonds is 6. The van der Waals surface area contributed by atoms with Gasteiger partial charge in [-0.3, -0.25) is 0 Å². The predicted molar refractivity (Wildman–Crippen MR) is 80.6 cm³/mol. The molecule has 20 heavy (non-hydrogen) atoms. The summed E-state index contributed by atoms with van der Waals surface area (Å²) in [6.45, 7) is 4.79. The first-order chi connectivity index (χ1) is 9.34. The van der Waals surface area contributed by atoms with Crippen LogP contribution >= 0.6 is 0 Å². The fourth-order valence-electron chi connectivity index (χ4n) is 2.97. The molecule has 0 aromatic heterocycles. The summed E-state index contributed by atoms with van der Waals surface area (Å²) in [5, 5.41) is -0.547. The Hall–Kier alpha value is -0.910. The molecule has 0 unspecified atom stereocenters. The minimum atomic E-state index is -3.19. The SMILES string of the molecule is CCOC[C@]1(N)[C@H](c2ccc(CC)cc2)[C@H]1S(C)(=O)=O. The first-order valence-corrected chi connectivity index (χ1v) is 8.94. The van der Waals surface area contributed by atoms with Crippen molar-refractivity contribution in [3.63, 3.8) is 0 Å². The zero-order valence-electron chi connectivity index (χ0n) is 12.3. The maximum absolute atomic E-state index is 11.9. The van der Waals surface area contributed by atoms with Crippen molar-refractivity contribution in [2.75, 3.05) is 19.5 Å². The van der Waals surface area contributed by atoms with E-state index < -0.39 is 20.6 Å². The number of hydrogen-bond donors (Lipinski definition) is 1. The molecule has 1 aliphatic rings. The average molecular weight is 297 g/mol. The molecule has 1 fully saturated rings. The van der Waals surface area contributed by atoms with Gasteiger partial charge in [0.15, 0.2) is 9.84 Å². The van der Waals surface area contributed by atoms with Crippen molar-refractivity contribution in [2.45, 2.75) is 37.0 Å². The minimum Gasteiger partial charge on any atom is -0.380 e. The van der Waals surface area contributed by atoms with Crippen molar-refractivity contribution in [1.29, 1.82) is 0 Å². The molecule has 3 atom stereocenters. The van der Waals surface area contributed by atoms with E-state index >= 15 is 0 Å². The Labute approximate surface area is 121 Å². The first-order valence-electron chi connectivity index (χ1n) is 6.99. The molecule has 0 aliphatic heterocycles.